The second kappa shape index (κ2) is 6.76. The van der Waals surface area contributed by atoms with Gasteiger partial charge in [0.15, 0.2) is 9.84 Å². The van der Waals surface area contributed by atoms with E-state index in [-0.39, 0.29) is 21.4 Å². The fourth-order valence-corrected chi connectivity index (χ4v) is 4.06. The maximum Gasteiger partial charge on any atom is 0.263 e. The number of hydrogen-bond acceptors (Lipinski definition) is 6. The maximum absolute atomic E-state index is 12.0. The van der Waals surface area contributed by atoms with Gasteiger partial charge in [0.25, 0.3) is 5.91 Å². The van der Waals surface area contributed by atoms with Gasteiger partial charge in [-0.2, -0.15) is 0 Å². The molecule has 0 atom stereocenters. The van der Waals surface area contributed by atoms with E-state index in [1.807, 2.05) is 6.92 Å². The van der Waals surface area contributed by atoms with E-state index in [0.717, 1.165) is 24.0 Å². The summed E-state index contributed by atoms with van der Waals surface area (Å²) < 4.78 is 23.6. The Morgan fingerprint density at radius 2 is 2.15 bits per heavy atom. The first-order chi connectivity index (χ1) is 9.32. The molecule has 20 heavy (non-hydrogen) atoms. The Morgan fingerprint density at radius 3 is 2.65 bits per heavy atom. The highest BCUT2D eigenvalue weighted by Crippen LogP contribution is 2.39. The van der Waals surface area contributed by atoms with Gasteiger partial charge in [-0.3, -0.25) is 4.79 Å². The summed E-state index contributed by atoms with van der Waals surface area (Å²) in [6.45, 7) is 6.38. The molecule has 1 aromatic rings. The number of amides is 1. The number of nitrogen functional groups attached to an aromatic ring is 1. The Bertz CT molecular complexity index is 606. The van der Waals surface area contributed by atoms with E-state index in [4.69, 9.17) is 5.73 Å². The van der Waals surface area contributed by atoms with Gasteiger partial charge in [-0.15, -0.1) is 17.9 Å². The Labute approximate surface area is 123 Å². The van der Waals surface area contributed by atoms with Crippen LogP contribution in [-0.2, 0) is 9.84 Å². The zero-order valence-electron chi connectivity index (χ0n) is 11.5. The van der Waals surface area contributed by atoms with Crippen LogP contribution < -0.4 is 16.4 Å². The minimum atomic E-state index is -3.52. The summed E-state index contributed by atoms with van der Waals surface area (Å²) >= 11 is 1.04. The van der Waals surface area contributed by atoms with Crippen LogP contribution in [0.15, 0.2) is 17.6 Å². The van der Waals surface area contributed by atoms with Crippen molar-refractivity contribution in [3.8, 4) is 0 Å². The third kappa shape index (κ3) is 3.73. The van der Waals surface area contributed by atoms with Gasteiger partial charge < -0.3 is 16.4 Å². The van der Waals surface area contributed by atoms with Crippen molar-refractivity contribution >= 4 is 37.8 Å². The van der Waals surface area contributed by atoms with Crippen LogP contribution in [0.2, 0.25) is 0 Å². The van der Waals surface area contributed by atoms with E-state index in [9.17, 15) is 13.2 Å². The van der Waals surface area contributed by atoms with E-state index >= 15 is 0 Å². The summed E-state index contributed by atoms with van der Waals surface area (Å²) in [4.78, 5) is 12.2. The monoisotopic (exact) mass is 317 g/mol. The molecule has 112 valence electrons. The predicted octanol–water partition coefficient (Wildman–Crippen LogP) is 1.47. The number of carbonyl (C=O) groups is 1. The van der Waals surface area contributed by atoms with Crippen LogP contribution in [0.1, 0.15) is 23.0 Å². The fraction of sp³-hybridized carbons (Fsp3) is 0.417. The average molecular weight is 317 g/mol. The van der Waals surface area contributed by atoms with E-state index in [1.165, 1.54) is 0 Å². The molecule has 0 bridgehead atoms. The number of anilines is 2. The normalized spacial score (nSPS) is 11.1. The number of hydrogen-bond donors (Lipinski definition) is 3. The van der Waals surface area contributed by atoms with Crippen LogP contribution in [0.5, 0.6) is 0 Å². The van der Waals surface area contributed by atoms with Gasteiger partial charge in [-0.25, -0.2) is 8.42 Å². The third-order valence-electron chi connectivity index (χ3n) is 2.42. The van der Waals surface area contributed by atoms with E-state index in [0.29, 0.717) is 18.1 Å². The van der Waals surface area contributed by atoms with Crippen molar-refractivity contribution in [1.82, 2.24) is 5.32 Å². The van der Waals surface area contributed by atoms with Gasteiger partial charge in [0.05, 0.1) is 5.69 Å². The summed E-state index contributed by atoms with van der Waals surface area (Å²) in [6.07, 6.45) is 3.45. The third-order valence-corrected chi connectivity index (χ3v) is 4.88. The van der Waals surface area contributed by atoms with Gasteiger partial charge in [0.1, 0.15) is 14.8 Å². The SMILES string of the molecule is C=CCNc1sc(C(=O)NCCC)c(N)c1S(C)(=O)=O. The molecule has 0 saturated carbocycles. The van der Waals surface area contributed by atoms with Crippen molar-refractivity contribution in [2.75, 3.05) is 30.4 Å². The number of thiophene rings is 1. The summed E-state index contributed by atoms with van der Waals surface area (Å²) in [5.41, 5.74) is 5.84. The molecule has 6 nitrogen and oxygen atoms in total. The second-order valence-corrected chi connectivity index (χ2v) is 7.17. The first-order valence-electron chi connectivity index (χ1n) is 6.08. The lowest BCUT2D eigenvalue weighted by Crippen LogP contribution is -2.24. The van der Waals surface area contributed by atoms with Gasteiger partial charge in [0.2, 0.25) is 0 Å². The minimum Gasteiger partial charge on any atom is -0.396 e. The molecule has 0 saturated heterocycles. The molecule has 0 aliphatic heterocycles. The molecule has 1 aromatic heterocycles. The molecule has 0 aliphatic carbocycles. The van der Waals surface area contributed by atoms with Crippen molar-refractivity contribution < 1.29 is 13.2 Å². The highest BCUT2D eigenvalue weighted by atomic mass is 32.2. The molecule has 0 spiro atoms. The Balaban J connectivity index is 3.25. The standard InChI is InChI=1S/C12H19N3O3S2/c1-4-6-14-11(16)9-8(13)10(20(3,17)18)12(19-9)15-7-5-2/h5,15H,2,4,6-7,13H2,1,3H3,(H,14,16). The first kappa shape index (κ1) is 16.5. The quantitative estimate of drug-likeness (QED) is 0.661. The Morgan fingerprint density at radius 1 is 1.50 bits per heavy atom. The minimum absolute atomic E-state index is 0.00216. The van der Waals surface area contributed by atoms with E-state index < -0.39 is 9.84 Å². The molecule has 4 N–H and O–H groups in total. The summed E-state index contributed by atoms with van der Waals surface area (Å²) in [6, 6.07) is 0. The second-order valence-electron chi connectivity index (χ2n) is 4.20. The van der Waals surface area contributed by atoms with Crippen LogP contribution >= 0.6 is 11.3 Å². The van der Waals surface area contributed by atoms with E-state index in [2.05, 4.69) is 17.2 Å². The number of sulfone groups is 1. The molecule has 0 fully saturated rings. The molecule has 0 radical (unpaired) electrons. The molecule has 1 rings (SSSR count). The summed E-state index contributed by atoms with van der Waals surface area (Å²) in [5.74, 6) is -0.356. The lowest BCUT2D eigenvalue weighted by atomic mass is 10.3. The van der Waals surface area contributed by atoms with Crippen LogP contribution in [-0.4, -0.2) is 33.7 Å². The smallest absolute Gasteiger partial charge is 0.263 e. The predicted molar refractivity (Wildman–Crippen MR) is 83.2 cm³/mol. The fourth-order valence-electron chi connectivity index (χ4n) is 1.57. The lowest BCUT2D eigenvalue weighted by Gasteiger charge is -2.04. The van der Waals surface area contributed by atoms with Crippen molar-refractivity contribution in [3.63, 3.8) is 0 Å². The molecule has 1 heterocycles. The zero-order valence-corrected chi connectivity index (χ0v) is 13.2. The number of rotatable bonds is 7. The largest absolute Gasteiger partial charge is 0.396 e. The van der Waals surface area contributed by atoms with Crippen molar-refractivity contribution in [1.29, 1.82) is 0 Å². The van der Waals surface area contributed by atoms with Gasteiger partial charge in [-0.1, -0.05) is 13.0 Å². The molecule has 0 aliphatic rings. The molecule has 0 aromatic carbocycles. The van der Waals surface area contributed by atoms with Gasteiger partial charge in [-0.05, 0) is 6.42 Å². The maximum atomic E-state index is 12.0. The Kier molecular flexibility index (Phi) is 5.58. The van der Waals surface area contributed by atoms with Crippen molar-refractivity contribution in [2.45, 2.75) is 18.2 Å². The molecule has 1 amide bonds. The highest BCUT2D eigenvalue weighted by molar-refractivity contribution is 7.91. The van der Waals surface area contributed by atoms with Crippen molar-refractivity contribution in [3.05, 3.63) is 17.5 Å². The lowest BCUT2D eigenvalue weighted by molar-refractivity contribution is 0.0958. The van der Waals surface area contributed by atoms with Gasteiger partial charge in [0, 0.05) is 19.3 Å². The number of nitrogens with one attached hydrogen (secondary N) is 2. The Hall–Kier alpha value is -1.54. The number of carbonyl (C=O) groups excluding carboxylic acids is 1. The van der Waals surface area contributed by atoms with Crippen LogP contribution in [0, 0.1) is 0 Å². The highest BCUT2D eigenvalue weighted by Gasteiger charge is 2.26. The first-order valence-corrected chi connectivity index (χ1v) is 8.79. The average Bonchev–Trinajstić information content (AvgIpc) is 2.70. The molecule has 0 unspecified atom stereocenters. The van der Waals surface area contributed by atoms with Crippen LogP contribution in [0.3, 0.4) is 0 Å². The number of nitrogens with two attached hydrogens (primary N) is 1. The molecular formula is C12H19N3O3S2. The summed E-state index contributed by atoms with van der Waals surface area (Å²) in [5, 5.41) is 5.96. The topological polar surface area (TPSA) is 101 Å². The van der Waals surface area contributed by atoms with Crippen LogP contribution in [0.4, 0.5) is 10.7 Å². The molecule has 8 heteroatoms. The summed E-state index contributed by atoms with van der Waals surface area (Å²) in [7, 11) is -3.52. The van der Waals surface area contributed by atoms with E-state index in [1.54, 1.807) is 6.08 Å². The van der Waals surface area contributed by atoms with Gasteiger partial charge >= 0.3 is 0 Å². The zero-order chi connectivity index (χ0) is 15.3. The molecular weight excluding hydrogens is 298 g/mol. The van der Waals surface area contributed by atoms with Crippen molar-refractivity contribution in [2.24, 2.45) is 0 Å². The van der Waals surface area contributed by atoms with Crippen LogP contribution in [0.25, 0.3) is 0 Å².